The molecule has 19 heavy (non-hydrogen) atoms. The number of hydrogen-bond donors (Lipinski definition) is 1. The molecule has 1 heteroatoms. The van der Waals surface area contributed by atoms with E-state index in [2.05, 4.69) is 33.0 Å². The van der Waals surface area contributed by atoms with Gasteiger partial charge in [-0.3, -0.25) is 0 Å². The van der Waals surface area contributed by atoms with Crippen LogP contribution in [0.4, 0.5) is 0 Å². The molecule has 0 aromatic carbocycles. The minimum Gasteiger partial charge on any atom is -0.311 e. The van der Waals surface area contributed by atoms with Crippen LogP contribution in [-0.4, -0.2) is 12.1 Å². The van der Waals surface area contributed by atoms with Crippen molar-refractivity contribution in [2.45, 2.75) is 84.7 Å². The molecule has 2 bridgehead atoms. The lowest BCUT2D eigenvalue weighted by Crippen LogP contribution is -2.48. The van der Waals surface area contributed by atoms with Gasteiger partial charge in [-0.25, -0.2) is 0 Å². The first-order valence-corrected chi connectivity index (χ1v) is 8.71. The highest BCUT2D eigenvalue weighted by Gasteiger charge is 2.42. The summed E-state index contributed by atoms with van der Waals surface area (Å²) in [5, 5.41) is 4.03. The zero-order valence-corrected chi connectivity index (χ0v) is 13.4. The molecule has 1 N–H and O–H groups in total. The van der Waals surface area contributed by atoms with Crippen LogP contribution in [0.25, 0.3) is 0 Å². The number of fused-ring (bicyclic) bond motifs is 2. The van der Waals surface area contributed by atoms with Crippen LogP contribution < -0.4 is 5.32 Å². The smallest absolute Gasteiger partial charge is 0.00956 e. The van der Waals surface area contributed by atoms with E-state index in [0.29, 0.717) is 5.41 Å². The van der Waals surface area contributed by atoms with Crippen molar-refractivity contribution >= 4 is 0 Å². The first-order chi connectivity index (χ1) is 8.94. The molecule has 0 spiro atoms. The Hall–Kier alpha value is -0.0400. The fourth-order valence-corrected chi connectivity index (χ4v) is 5.56. The Kier molecular flexibility index (Phi) is 3.71. The molecule has 3 aliphatic rings. The van der Waals surface area contributed by atoms with Gasteiger partial charge in [-0.1, -0.05) is 27.2 Å². The monoisotopic (exact) mass is 263 g/mol. The summed E-state index contributed by atoms with van der Waals surface area (Å²) in [7, 11) is 0. The maximum absolute atomic E-state index is 4.03. The van der Waals surface area contributed by atoms with Crippen LogP contribution in [-0.2, 0) is 0 Å². The summed E-state index contributed by atoms with van der Waals surface area (Å²) in [5.74, 6) is 3.98. The standard InChI is InChI=1S/C18H33N/c1-12-11-18(3,4)8-7-17(12)19-13(2)16-10-14-5-6-15(16)9-14/h12-17,19H,5-11H2,1-4H3. The molecule has 3 fully saturated rings. The summed E-state index contributed by atoms with van der Waals surface area (Å²) < 4.78 is 0. The highest BCUT2D eigenvalue weighted by molar-refractivity contribution is 4.96. The molecule has 110 valence electrons. The van der Waals surface area contributed by atoms with E-state index in [1.165, 1.54) is 38.5 Å². The molecule has 3 aliphatic carbocycles. The molecule has 0 radical (unpaired) electrons. The van der Waals surface area contributed by atoms with Crippen LogP contribution in [0, 0.1) is 29.1 Å². The van der Waals surface area contributed by atoms with E-state index in [1.54, 1.807) is 6.42 Å². The second kappa shape index (κ2) is 5.06. The summed E-state index contributed by atoms with van der Waals surface area (Å²) in [6.07, 6.45) is 10.3. The van der Waals surface area contributed by atoms with E-state index in [1.807, 2.05) is 0 Å². The SMILES string of the molecule is CC1CC(C)(C)CCC1NC(C)C1CC2CCC1C2. The predicted octanol–water partition coefficient (Wildman–Crippen LogP) is 4.62. The third-order valence-corrected chi connectivity index (χ3v) is 6.61. The lowest BCUT2D eigenvalue weighted by molar-refractivity contribution is 0.128. The van der Waals surface area contributed by atoms with Crippen molar-refractivity contribution in [1.29, 1.82) is 0 Å². The molecule has 0 heterocycles. The van der Waals surface area contributed by atoms with Gasteiger partial charge in [-0.15, -0.1) is 0 Å². The van der Waals surface area contributed by atoms with Gasteiger partial charge in [-0.05, 0) is 74.5 Å². The van der Waals surface area contributed by atoms with E-state index in [-0.39, 0.29) is 0 Å². The summed E-state index contributed by atoms with van der Waals surface area (Å²) in [5.41, 5.74) is 0.577. The number of rotatable bonds is 3. The van der Waals surface area contributed by atoms with Crippen LogP contribution in [0.1, 0.15) is 72.6 Å². The van der Waals surface area contributed by atoms with Crippen molar-refractivity contribution in [2.75, 3.05) is 0 Å². The fraction of sp³-hybridized carbons (Fsp3) is 1.00. The van der Waals surface area contributed by atoms with Crippen LogP contribution in [0.2, 0.25) is 0 Å². The molecule has 6 unspecified atom stereocenters. The van der Waals surface area contributed by atoms with E-state index >= 15 is 0 Å². The molecule has 3 saturated carbocycles. The van der Waals surface area contributed by atoms with Gasteiger partial charge in [0.05, 0.1) is 0 Å². The Labute approximate surface area is 119 Å². The van der Waals surface area contributed by atoms with Crippen molar-refractivity contribution in [3.63, 3.8) is 0 Å². The Morgan fingerprint density at radius 3 is 2.47 bits per heavy atom. The molecule has 0 amide bonds. The quantitative estimate of drug-likeness (QED) is 0.783. The molecule has 0 aliphatic heterocycles. The molecule has 6 atom stereocenters. The average molecular weight is 263 g/mol. The highest BCUT2D eigenvalue weighted by atomic mass is 15.0. The van der Waals surface area contributed by atoms with Gasteiger partial charge >= 0.3 is 0 Å². The third kappa shape index (κ3) is 2.86. The summed E-state index contributed by atoms with van der Waals surface area (Å²) in [6, 6.07) is 1.53. The van der Waals surface area contributed by atoms with E-state index < -0.39 is 0 Å². The summed E-state index contributed by atoms with van der Waals surface area (Å²) >= 11 is 0. The largest absolute Gasteiger partial charge is 0.311 e. The van der Waals surface area contributed by atoms with Crippen molar-refractivity contribution < 1.29 is 0 Å². The van der Waals surface area contributed by atoms with Gasteiger partial charge in [0, 0.05) is 12.1 Å². The fourth-order valence-electron chi connectivity index (χ4n) is 5.56. The lowest BCUT2D eigenvalue weighted by Gasteiger charge is -2.42. The maximum atomic E-state index is 4.03. The molecule has 1 nitrogen and oxygen atoms in total. The average Bonchev–Trinajstić information content (AvgIpc) is 2.94. The van der Waals surface area contributed by atoms with E-state index in [4.69, 9.17) is 0 Å². The van der Waals surface area contributed by atoms with E-state index in [9.17, 15) is 0 Å². The summed E-state index contributed by atoms with van der Waals surface area (Å²) in [4.78, 5) is 0. The Balaban J connectivity index is 1.54. The molecule has 0 saturated heterocycles. The minimum atomic E-state index is 0.577. The van der Waals surface area contributed by atoms with Crippen LogP contribution in [0.5, 0.6) is 0 Å². The number of hydrogen-bond acceptors (Lipinski definition) is 1. The van der Waals surface area contributed by atoms with Crippen LogP contribution >= 0.6 is 0 Å². The van der Waals surface area contributed by atoms with Gasteiger partial charge in [-0.2, -0.15) is 0 Å². The zero-order valence-electron chi connectivity index (χ0n) is 13.4. The van der Waals surface area contributed by atoms with Gasteiger partial charge in [0.15, 0.2) is 0 Å². The van der Waals surface area contributed by atoms with Crippen molar-refractivity contribution in [3.8, 4) is 0 Å². The minimum absolute atomic E-state index is 0.577. The molecule has 0 aromatic rings. The predicted molar refractivity (Wildman–Crippen MR) is 82.1 cm³/mol. The number of nitrogens with one attached hydrogen (secondary N) is 1. The van der Waals surface area contributed by atoms with Crippen molar-refractivity contribution in [1.82, 2.24) is 5.32 Å². The van der Waals surface area contributed by atoms with Gasteiger partial charge in [0.1, 0.15) is 0 Å². The third-order valence-electron chi connectivity index (χ3n) is 6.61. The first-order valence-electron chi connectivity index (χ1n) is 8.71. The van der Waals surface area contributed by atoms with Crippen LogP contribution in [0.3, 0.4) is 0 Å². The topological polar surface area (TPSA) is 12.0 Å². The lowest BCUT2D eigenvalue weighted by atomic mass is 9.70. The summed E-state index contributed by atoms with van der Waals surface area (Å²) in [6.45, 7) is 9.82. The Morgan fingerprint density at radius 2 is 1.89 bits per heavy atom. The molecule has 0 aromatic heterocycles. The second-order valence-corrected chi connectivity index (χ2v) is 8.78. The molecular formula is C18H33N. The van der Waals surface area contributed by atoms with Crippen molar-refractivity contribution in [3.05, 3.63) is 0 Å². The zero-order chi connectivity index (χ0) is 13.6. The Morgan fingerprint density at radius 1 is 1.11 bits per heavy atom. The maximum Gasteiger partial charge on any atom is 0.00956 e. The normalized spacial score (nSPS) is 46.4. The van der Waals surface area contributed by atoms with E-state index in [0.717, 1.165) is 35.8 Å². The molecule has 3 rings (SSSR count). The van der Waals surface area contributed by atoms with Crippen molar-refractivity contribution in [2.24, 2.45) is 29.1 Å². The second-order valence-electron chi connectivity index (χ2n) is 8.78. The Bertz CT molecular complexity index is 322. The molecular weight excluding hydrogens is 230 g/mol. The van der Waals surface area contributed by atoms with Gasteiger partial charge < -0.3 is 5.32 Å². The van der Waals surface area contributed by atoms with Gasteiger partial charge in [0.2, 0.25) is 0 Å². The van der Waals surface area contributed by atoms with Crippen LogP contribution in [0.15, 0.2) is 0 Å². The van der Waals surface area contributed by atoms with Gasteiger partial charge in [0.25, 0.3) is 0 Å². The first kappa shape index (κ1) is 13.9. The highest BCUT2D eigenvalue weighted by Crippen LogP contribution is 2.49.